The first-order chi connectivity index (χ1) is 9.11. The van der Waals surface area contributed by atoms with E-state index in [1.165, 1.54) is 0 Å². The van der Waals surface area contributed by atoms with Crippen molar-refractivity contribution in [2.24, 2.45) is 0 Å². The zero-order valence-corrected chi connectivity index (χ0v) is 11.7. The Kier molecular flexibility index (Phi) is 4.43. The van der Waals surface area contributed by atoms with Crippen molar-refractivity contribution in [2.45, 2.75) is 12.8 Å². The molecule has 0 radical (unpaired) electrons. The maximum atomic E-state index is 12.0. The molecule has 1 aliphatic rings. The molecule has 0 aliphatic carbocycles. The molecule has 1 saturated heterocycles. The molecule has 0 bridgehead atoms. The second kappa shape index (κ2) is 6.06. The van der Waals surface area contributed by atoms with Crippen LogP contribution >= 0.6 is 11.6 Å². The lowest BCUT2D eigenvalue weighted by molar-refractivity contribution is -0.128. The second-order valence-corrected chi connectivity index (χ2v) is 5.17. The van der Waals surface area contributed by atoms with E-state index in [0.29, 0.717) is 17.1 Å². The zero-order valence-electron chi connectivity index (χ0n) is 10.9. The third-order valence-corrected chi connectivity index (χ3v) is 3.71. The molecule has 1 aromatic carbocycles. The SMILES string of the molecule is CN(CC(=O)N1CCCC1)c1ccc(C=O)c(Cl)c1. The van der Waals surface area contributed by atoms with Crippen LogP contribution in [0.1, 0.15) is 23.2 Å². The van der Waals surface area contributed by atoms with Gasteiger partial charge < -0.3 is 9.80 Å². The minimum atomic E-state index is 0.135. The first kappa shape index (κ1) is 13.9. The number of halogens is 1. The van der Waals surface area contributed by atoms with Gasteiger partial charge in [0.15, 0.2) is 6.29 Å². The standard InChI is InChI=1S/C14H17ClN2O2/c1-16(9-14(19)17-6-2-3-7-17)12-5-4-11(10-18)13(15)8-12/h4-5,8,10H,2-3,6-7,9H2,1H3. The maximum Gasteiger partial charge on any atom is 0.242 e. The Morgan fingerprint density at radius 1 is 1.42 bits per heavy atom. The molecule has 4 nitrogen and oxygen atoms in total. The Morgan fingerprint density at radius 3 is 2.68 bits per heavy atom. The zero-order chi connectivity index (χ0) is 13.8. The molecular weight excluding hydrogens is 264 g/mol. The molecule has 1 aromatic rings. The fraction of sp³-hybridized carbons (Fsp3) is 0.429. The number of hydrogen-bond donors (Lipinski definition) is 0. The highest BCUT2D eigenvalue weighted by Crippen LogP contribution is 2.22. The molecule has 5 heteroatoms. The Labute approximate surface area is 117 Å². The molecular formula is C14H17ClN2O2. The third-order valence-electron chi connectivity index (χ3n) is 3.38. The third kappa shape index (κ3) is 3.26. The monoisotopic (exact) mass is 280 g/mol. The van der Waals surface area contributed by atoms with Gasteiger partial charge in [0.25, 0.3) is 0 Å². The normalized spacial score (nSPS) is 14.5. The molecule has 0 saturated carbocycles. The van der Waals surface area contributed by atoms with E-state index in [-0.39, 0.29) is 5.91 Å². The van der Waals surface area contributed by atoms with Crippen LogP contribution in [-0.2, 0) is 4.79 Å². The van der Waals surface area contributed by atoms with Crippen LogP contribution in [0.15, 0.2) is 18.2 Å². The van der Waals surface area contributed by atoms with Gasteiger partial charge in [0, 0.05) is 31.4 Å². The lowest BCUT2D eigenvalue weighted by Crippen LogP contribution is -2.37. The summed E-state index contributed by atoms with van der Waals surface area (Å²) in [5.74, 6) is 0.135. The van der Waals surface area contributed by atoms with Gasteiger partial charge in [-0.3, -0.25) is 9.59 Å². The number of benzene rings is 1. The van der Waals surface area contributed by atoms with Crippen LogP contribution in [0.5, 0.6) is 0 Å². The van der Waals surface area contributed by atoms with Crippen LogP contribution in [0.2, 0.25) is 5.02 Å². The predicted molar refractivity (Wildman–Crippen MR) is 75.9 cm³/mol. The van der Waals surface area contributed by atoms with Crippen molar-refractivity contribution >= 4 is 29.5 Å². The molecule has 0 unspecified atom stereocenters. The van der Waals surface area contributed by atoms with Gasteiger partial charge in [-0.2, -0.15) is 0 Å². The van der Waals surface area contributed by atoms with Gasteiger partial charge in [-0.1, -0.05) is 11.6 Å². The quantitative estimate of drug-likeness (QED) is 0.794. The molecule has 2 rings (SSSR count). The van der Waals surface area contributed by atoms with Crippen LogP contribution < -0.4 is 4.90 Å². The summed E-state index contributed by atoms with van der Waals surface area (Å²) in [7, 11) is 1.85. The number of nitrogens with zero attached hydrogens (tertiary/aromatic N) is 2. The molecule has 0 atom stereocenters. The summed E-state index contributed by atoms with van der Waals surface area (Å²) in [4.78, 5) is 26.5. The first-order valence-corrected chi connectivity index (χ1v) is 6.73. The Hall–Kier alpha value is -1.55. The molecule has 0 spiro atoms. The average molecular weight is 281 g/mol. The number of rotatable bonds is 4. The highest BCUT2D eigenvalue weighted by molar-refractivity contribution is 6.33. The molecule has 0 N–H and O–H groups in total. The van der Waals surface area contributed by atoms with Gasteiger partial charge in [-0.15, -0.1) is 0 Å². The lowest BCUT2D eigenvalue weighted by atomic mass is 10.2. The summed E-state index contributed by atoms with van der Waals surface area (Å²) in [6.45, 7) is 2.05. The number of carbonyl (C=O) groups is 2. The van der Waals surface area contributed by atoms with Crippen molar-refractivity contribution in [1.29, 1.82) is 0 Å². The van der Waals surface area contributed by atoms with Crippen molar-refractivity contribution in [3.8, 4) is 0 Å². The number of aldehydes is 1. The van der Waals surface area contributed by atoms with Crippen LogP contribution in [0.25, 0.3) is 0 Å². The van der Waals surface area contributed by atoms with E-state index in [0.717, 1.165) is 37.9 Å². The molecule has 1 amide bonds. The fourth-order valence-corrected chi connectivity index (χ4v) is 2.43. The minimum absolute atomic E-state index is 0.135. The smallest absolute Gasteiger partial charge is 0.242 e. The molecule has 0 aromatic heterocycles. The van der Waals surface area contributed by atoms with E-state index < -0.39 is 0 Å². The Balaban J connectivity index is 2.02. The number of likely N-dealkylation sites (N-methyl/N-ethyl adjacent to an activating group) is 1. The highest BCUT2D eigenvalue weighted by atomic mass is 35.5. The number of anilines is 1. The summed E-state index contributed by atoms with van der Waals surface area (Å²) in [6, 6.07) is 5.18. The topological polar surface area (TPSA) is 40.6 Å². The minimum Gasteiger partial charge on any atom is -0.365 e. The summed E-state index contributed by atoms with van der Waals surface area (Å²) in [6.07, 6.45) is 2.91. The van der Waals surface area contributed by atoms with Crippen LogP contribution in [0.3, 0.4) is 0 Å². The molecule has 1 aliphatic heterocycles. The van der Waals surface area contributed by atoms with Crippen LogP contribution in [0.4, 0.5) is 5.69 Å². The van der Waals surface area contributed by atoms with Crippen LogP contribution in [-0.4, -0.2) is 43.8 Å². The van der Waals surface area contributed by atoms with E-state index in [1.54, 1.807) is 18.2 Å². The number of amides is 1. The molecule has 1 heterocycles. The summed E-state index contributed by atoms with van der Waals surface area (Å²) in [5.41, 5.74) is 1.30. The van der Waals surface area contributed by atoms with Gasteiger partial charge in [0.2, 0.25) is 5.91 Å². The van der Waals surface area contributed by atoms with Gasteiger partial charge in [0.1, 0.15) is 0 Å². The van der Waals surface area contributed by atoms with Crippen molar-refractivity contribution < 1.29 is 9.59 Å². The van der Waals surface area contributed by atoms with Crippen molar-refractivity contribution in [3.05, 3.63) is 28.8 Å². The molecule has 19 heavy (non-hydrogen) atoms. The van der Waals surface area contributed by atoms with E-state index in [9.17, 15) is 9.59 Å². The Morgan fingerprint density at radius 2 is 2.11 bits per heavy atom. The highest BCUT2D eigenvalue weighted by Gasteiger charge is 2.19. The van der Waals surface area contributed by atoms with Crippen molar-refractivity contribution in [2.75, 3.05) is 31.6 Å². The second-order valence-electron chi connectivity index (χ2n) is 4.77. The van der Waals surface area contributed by atoms with Crippen molar-refractivity contribution in [3.63, 3.8) is 0 Å². The van der Waals surface area contributed by atoms with E-state index >= 15 is 0 Å². The van der Waals surface area contributed by atoms with Gasteiger partial charge >= 0.3 is 0 Å². The largest absolute Gasteiger partial charge is 0.365 e. The van der Waals surface area contributed by atoms with E-state index in [1.807, 2.05) is 16.8 Å². The number of hydrogen-bond acceptors (Lipinski definition) is 3. The van der Waals surface area contributed by atoms with Gasteiger partial charge in [0.05, 0.1) is 11.6 Å². The molecule has 1 fully saturated rings. The number of likely N-dealkylation sites (tertiary alicyclic amines) is 1. The van der Waals surface area contributed by atoms with Gasteiger partial charge in [-0.25, -0.2) is 0 Å². The fourth-order valence-electron chi connectivity index (χ4n) is 2.21. The van der Waals surface area contributed by atoms with E-state index in [2.05, 4.69) is 0 Å². The summed E-state index contributed by atoms with van der Waals surface area (Å²) < 4.78 is 0. The Bertz CT molecular complexity index is 484. The van der Waals surface area contributed by atoms with E-state index in [4.69, 9.17) is 11.6 Å². The number of carbonyl (C=O) groups excluding carboxylic acids is 2. The maximum absolute atomic E-state index is 12.0. The van der Waals surface area contributed by atoms with Crippen LogP contribution in [0, 0.1) is 0 Å². The summed E-state index contributed by atoms with van der Waals surface area (Å²) in [5, 5.41) is 0.410. The predicted octanol–water partition coefficient (Wildman–Crippen LogP) is 2.21. The average Bonchev–Trinajstić information content (AvgIpc) is 2.92. The summed E-state index contributed by atoms with van der Waals surface area (Å²) >= 11 is 5.98. The lowest BCUT2D eigenvalue weighted by Gasteiger charge is -2.23. The molecule has 102 valence electrons. The first-order valence-electron chi connectivity index (χ1n) is 6.35. The van der Waals surface area contributed by atoms with Gasteiger partial charge in [-0.05, 0) is 31.0 Å². The van der Waals surface area contributed by atoms with Crippen molar-refractivity contribution in [1.82, 2.24) is 4.90 Å².